The van der Waals surface area contributed by atoms with Gasteiger partial charge in [-0.2, -0.15) is 5.26 Å². The molecule has 0 unspecified atom stereocenters. The number of carbonyl (C=O) groups excluding carboxylic acids is 1. The molecule has 0 fully saturated rings. The van der Waals surface area contributed by atoms with Crippen molar-refractivity contribution in [2.24, 2.45) is 0 Å². The van der Waals surface area contributed by atoms with Crippen LogP contribution in [0.3, 0.4) is 0 Å². The van der Waals surface area contributed by atoms with Crippen molar-refractivity contribution in [3.8, 4) is 6.07 Å². The van der Waals surface area contributed by atoms with E-state index < -0.39 is 17.5 Å². The lowest BCUT2D eigenvalue weighted by Gasteiger charge is -2.19. The second-order valence-electron chi connectivity index (χ2n) is 5.29. The standard InChI is InChI=1S/C14H12BrFN2O2/c1-14(2,3)20-13(19)18-7-11(15)10-5-9(16)4-8(6-17)12(10)18/h4-5,7H,1-3H3. The molecule has 4 nitrogen and oxygen atoms in total. The molecule has 104 valence electrons. The van der Waals surface area contributed by atoms with Crippen LogP contribution in [0.1, 0.15) is 26.3 Å². The maximum atomic E-state index is 13.4. The number of halogens is 2. The van der Waals surface area contributed by atoms with E-state index in [2.05, 4.69) is 15.9 Å². The highest BCUT2D eigenvalue weighted by Crippen LogP contribution is 2.30. The van der Waals surface area contributed by atoms with Crippen molar-refractivity contribution in [2.75, 3.05) is 0 Å². The van der Waals surface area contributed by atoms with Gasteiger partial charge in [0.2, 0.25) is 0 Å². The molecule has 0 atom stereocenters. The molecule has 0 radical (unpaired) electrons. The lowest BCUT2D eigenvalue weighted by atomic mass is 10.1. The van der Waals surface area contributed by atoms with Crippen LogP contribution in [0.5, 0.6) is 0 Å². The van der Waals surface area contributed by atoms with Crippen molar-refractivity contribution in [1.82, 2.24) is 4.57 Å². The summed E-state index contributed by atoms with van der Waals surface area (Å²) in [7, 11) is 0. The molecule has 0 amide bonds. The summed E-state index contributed by atoms with van der Waals surface area (Å²) in [4.78, 5) is 12.2. The van der Waals surface area contributed by atoms with Crippen molar-refractivity contribution in [2.45, 2.75) is 26.4 Å². The number of ether oxygens (including phenoxy) is 1. The van der Waals surface area contributed by atoms with Crippen LogP contribution in [0, 0.1) is 17.1 Å². The Labute approximate surface area is 123 Å². The predicted molar refractivity (Wildman–Crippen MR) is 75.9 cm³/mol. The van der Waals surface area contributed by atoms with E-state index in [1.165, 1.54) is 16.8 Å². The molecule has 0 spiro atoms. The Hall–Kier alpha value is -1.87. The van der Waals surface area contributed by atoms with Gasteiger partial charge in [-0.1, -0.05) is 0 Å². The van der Waals surface area contributed by atoms with Gasteiger partial charge in [0.1, 0.15) is 17.5 Å². The summed E-state index contributed by atoms with van der Waals surface area (Å²) < 4.78 is 20.5. The molecule has 0 saturated heterocycles. The van der Waals surface area contributed by atoms with Crippen LogP contribution in [0.4, 0.5) is 9.18 Å². The van der Waals surface area contributed by atoms with E-state index in [9.17, 15) is 9.18 Å². The van der Waals surface area contributed by atoms with E-state index in [-0.39, 0.29) is 5.56 Å². The zero-order valence-electron chi connectivity index (χ0n) is 11.2. The average molecular weight is 339 g/mol. The largest absolute Gasteiger partial charge is 0.443 e. The maximum absolute atomic E-state index is 13.4. The van der Waals surface area contributed by atoms with E-state index in [4.69, 9.17) is 10.00 Å². The zero-order chi connectivity index (χ0) is 15.1. The number of benzene rings is 1. The number of carbonyl (C=O) groups is 1. The van der Waals surface area contributed by atoms with E-state index >= 15 is 0 Å². The molecular formula is C14H12BrFN2O2. The summed E-state index contributed by atoms with van der Waals surface area (Å²) in [5, 5.41) is 9.56. The number of nitrogens with zero attached hydrogens (tertiary/aromatic N) is 2. The number of fused-ring (bicyclic) bond motifs is 1. The summed E-state index contributed by atoms with van der Waals surface area (Å²) in [6, 6.07) is 4.25. The third kappa shape index (κ3) is 2.68. The molecule has 2 aromatic rings. The van der Waals surface area contributed by atoms with Crippen LogP contribution >= 0.6 is 15.9 Å². The predicted octanol–water partition coefficient (Wildman–Crippen LogP) is 4.20. The smallest absolute Gasteiger partial charge is 0.419 e. The number of aromatic nitrogens is 1. The first-order valence-corrected chi connectivity index (χ1v) is 6.66. The molecule has 0 aliphatic carbocycles. The first-order valence-electron chi connectivity index (χ1n) is 5.86. The topological polar surface area (TPSA) is 55.0 Å². The molecule has 0 aliphatic rings. The Balaban J connectivity index is 2.67. The third-order valence-corrected chi connectivity index (χ3v) is 3.16. The van der Waals surface area contributed by atoms with Gasteiger partial charge >= 0.3 is 6.09 Å². The molecule has 0 bridgehead atoms. The Morgan fingerprint density at radius 3 is 2.65 bits per heavy atom. The second kappa shape index (κ2) is 4.91. The minimum absolute atomic E-state index is 0.0801. The molecule has 20 heavy (non-hydrogen) atoms. The van der Waals surface area contributed by atoms with Crippen LogP contribution in [-0.2, 0) is 4.74 Å². The summed E-state index contributed by atoms with van der Waals surface area (Å²) >= 11 is 3.26. The fourth-order valence-corrected chi connectivity index (χ4v) is 2.34. The van der Waals surface area contributed by atoms with E-state index in [1.54, 1.807) is 20.8 Å². The van der Waals surface area contributed by atoms with Crippen LogP contribution in [-0.4, -0.2) is 16.3 Å². The Morgan fingerprint density at radius 2 is 2.10 bits per heavy atom. The van der Waals surface area contributed by atoms with Gasteiger partial charge in [-0.15, -0.1) is 0 Å². The van der Waals surface area contributed by atoms with Crippen molar-refractivity contribution in [3.05, 3.63) is 34.2 Å². The molecule has 2 rings (SSSR count). The number of nitriles is 1. The van der Waals surface area contributed by atoms with E-state index in [1.807, 2.05) is 6.07 Å². The van der Waals surface area contributed by atoms with Gasteiger partial charge in [-0.25, -0.2) is 9.18 Å². The monoisotopic (exact) mass is 338 g/mol. The molecule has 0 aliphatic heterocycles. The van der Waals surface area contributed by atoms with Gasteiger partial charge in [-0.3, -0.25) is 4.57 Å². The highest BCUT2D eigenvalue weighted by molar-refractivity contribution is 9.10. The summed E-state index contributed by atoms with van der Waals surface area (Å²) in [5.41, 5.74) is -0.251. The van der Waals surface area contributed by atoms with Gasteiger partial charge in [0.25, 0.3) is 0 Å². The van der Waals surface area contributed by atoms with E-state index in [0.29, 0.717) is 15.4 Å². The van der Waals surface area contributed by atoms with Crippen molar-refractivity contribution in [3.63, 3.8) is 0 Å². The second-order valence-corrected chi connectivity index (χ2v) is 6.14. The van der Waals surface area contributed by atoms with Gasteiger partial charge in [-0.05, 0) is 48.8 Å². The molecule has 1 aromatic carbocycles. The van der Waals surface area contributed by atoms with Crippen LogP contribution in [0.25, 0.3) is 10.9 Å². The van der Waals surface area contributed by atoms with Gasteiger partial charge in [0.15, 0.2) is 0 Å². The average Bonchev–Trinajstić information content (AvgIpc) is 2.64. The van der Waals surface area contributed by atoms with Crippen LogP contribution in [0.15, 0.2) is 22.8 Å². The summed E-state index contributed by atoms with van der Waals surface area (Å²) in [5.74, 6) is -0.531. The van der Waals surface area contributed by atoms with E-state index in [0.717, 1.165) is 6.07 Å². The first-order chi connectivity index (χ1) is 9.23. The lowest BCUT2D eigenvalue weighted by Crippen LogP contribution is -2.26. The number of hydrogen-bond acceptors (Lipinski definition) is 3. The van der Waals surface area contributed by atoms with Gasteiger partial charge in [0, 0.05) is 16.1 Å². The first kappa shape index (κ1) is 14.5. The summed E-state index contributed by atoms with van der Waals surface area (Å²) in [6.07, 6.45) is 0.857. The Morgan fingerprint density at radius 1 is 1.45 bits per heavy atom. The maximum Gasteiger partial charge on any atom is 0.419 e. The fraction of sp³-hybridized carbons (Fsp3) is 0.286. The van der Waals surface area contributed by atoms with Crippen LogP contribution in [0.2, 0.25) is 0 Å². The minimum atomic E-state index is -0.660. The number of rotatable bonds is 0. The third-order valence-electron chi connectivity index (χ3n) is 2.53. The van der Waals surface area contributed by atoms with Crippen molar-refractivity contribution in [1.29, 1.82) is 5.26 Å². The summed E-state index contributed by atoms with van der Waals surface area (Å²) in [6.45, 7) is 5.24. The van der Waals surface area contributed by atoms with Crippen LogP contribution < -0.4 is 0 Å². The minimum Gasteiger partial charge on any atom is -0.443 e. The molecule has 6 heteroatoms. The molecule has 0 saturated carbocycles. The van der Waals surface area contributed by atoms with Crippen molar-refractivity contribution >= 4 is 32.9 Å². The fourth-order valence-electron chi connectivity index (χ4n) is 1.83. The molecule has 1 heterocycles. The van der Waals surface area contributed by atoms with Gasteiger partial charge in [0.05, 0.1) is 11.1 Å². The molecule has 1 aromatic heterocycles. The van der Waals surface area contributed by atoms with Gasteiger partial charge < -0.3 is 4.74 Å². The highest BCUT2D eigenvalue weighted by Gasteiger charge is 2.22. The Kier molecular flexibility index (Phi) is 3.57. The molecular weight excluding hydrogens is 327 g/mol. The quantitative estimate of drug-likeness (QED) is 0.723. The highest BCUT2D eigenvalue weighted by atomic mass is 79.9. The Bertz CT molecular complexity index is 738. The zero-order valence-corrected chi connectivity index (χ0v) is 12.8. The normalized spacial score (nSPS) is 11.4. The lowest BCUT2D eigenvalue weighted by molar-refractivity contribution is 0.0544. The number of hydrogen-bond donors (Lipinski definition) is 0. The SMILES string of the molecule is CC(C)(C)OC(=O)n1cc(Br)c2cc(F)cc(C#N)c21. The van der Waals surface area contributed by atoms with Crippen molar-refractivity contribution < 1.29 is 13.9 Å². The molecule has 0 N–H and O–H groups in total.